The van der Waals surface area contributed by atoms with Gasteiger partial charge in [0.1, 0.15) is 6.61 Å². The summed E-state index contributed by atoms with van der Waals surface area (Å²) in [6.45, 7) is 12.8. The molecule has 1 saturated heterocycles. The molecule has 1 aliphatic rings. The molecule has 39 heavy (non-hydrogen) atoms. The van der Waals surface area contributed by atoms with E-state index in [1.165, 1.54) is 4.88 Å². The second-order valence-electron chi connectivity index (χ2n) is 11.8. The number of rotatable bonds is 9. The summed E-state index contributed by atoms with van der Waals surface area (Å²) >= 11 is 1.79. The summed E-state index contributed by atoms with van der Waals surface area (Å²) in [6.07, 6.45) is 1.79. The third kappa shape index (κ3) is 6.86. The Kier molecular flexibility index (Phi) is 9.09. The molecule has 0 aliphatic carbocycles. The summed E-state index contributed by atoms with van der Waals surface area (Å²) in [4.78, 5) is 17.4. The molecule has 0 radical (unpaired) electrons. The van der Waals surface area contributed by atoms with E-state index in [4.69, 9.17) is 19.6 Å². The van der Waals surface area contributed by atoms with Gasteiger partial charge in [-0.2, -0.15) is 0 Å². The first-order valence-electron chi connectivity index (χ1n) is 13.6. The van der Waals surface area contributed by atoms with Gasteiger partial charge in [0.25, 0.3) is 5.91 Å². The van der Waals surface area contributed by atoms with Crippen molar-refractivity contribution in [2.24, 2.45) is 0 Å². The van der Waals surface area contributed by atoms with E-state index in [1.807, 2.05) is 35.2 Å². The fourth-order valence-electron chi connectivity index (χ4n) is 4.70. The number of nitrogens with zero attached hydrogens (tertiary/aromatic N) is 1. The monoisotopic (exact) mass is 566 g/mol. The van der Waals surface area contributed by atoms with Gasteiger partial charge in [-0.1, -0.05) is 57.2 Å². The van der Waals surface area contributed by atoms with E-state index in [1.54, 1.807) is 30.6 Å². The molecule has 2 heterocycles. The predicted octanol–water partition coefficient (Wildman–Crippen LogP) is 7.33. The summed E-state index contributed by atoms with van der Waals surface area (Å²) in [5.74, 6) is 1.34. The Morgan fingerprint density at radius 2 is 1.85 bits per heavy atom. The number of nitrogens with two attached hydrogens (primary N) is 1. The van der Waals surface area contributed by atoms with Crippen molar-refractivity contribution in [1.82, 2.24) is 4.90 Å². The van der Waals surface area contributed by atoms with Crippen molar-refractivity contribution < 1.29 is 18.7 Å². The molecule has 210 valence electrons. The summed E-state index contributed by atoms with van der Waals surface area (Å²) in [5.41, 5.74) is 8.32. The maximum Gasteiger partial charge on any atom is 0.256 e. The zero-order chi connectivity index (χ0) is 28.2. The molecular formula is C31H42N2O4SSi. The molecule has 8 heteroatoms. The van der Waals surface area contributed by atoms with E-state index in [-0.39, 0.29) is 17.0 Å². The maximum absolute atomic E-state index is 14.0. The first kappa shape index (κ1) is 29.2. The van der Waals surface area contributed by atoms with Crippen LogP contribution in [-0.4, -0.2) is 45.4 Å². The van der Waals surface area contributed by atoms with Crippen LogP contribution in [0.25, 0.3) is 0 Å². The van der Waals surface area contributed by atoms with Crippen LogP contribution in [0.5, 0.6) is 11.5 Å². The molecule has 1 unspecified atom stereocenters. The highest BCUT2D eigenvalue weighted by molar-refractivity contribution is 7.10. The number of amides is 1. The number of thiophene rings is 1. The van der Waals surface area contributed by atoms with Crippen LogP contribution in [0.3, 0.4) is 0 Å². The van der Waals surface area contributed by atoms with Crippen LogP contribution in [0.4, 0.5) is 5.69 Å². The van der Waals surface area contributed by atoms with E-state index in [9.17, 15) is 4.79 Å². The SMILES string of the molecule is COc1cc(C(=O)N2CCC(c3cccs3)C[C@H]2CO[Si](C)(C)C(C)(C)C)c(N)cc1OCc1ccccc1. The minimum Gasteiger partial charge on any atom is -0.493 e. The van der Waals surface area contributed by atoms with E-state index in [2.05, 4.69) is 51.4 Å². The zero-order valence-corrected chi connectivity index (χ0v) is 25.8. The van der Waals surface area contributed by atoms with Crippen molar-refractivity contribution in [2.75, 3.05) is 26.0 Å². The second kappa shape index (κ2) is 12.1. The first-order valence-corrected chi connectivity index (χ1v) is 17.4. The standard InChI is InChI=1S/C31H42N2O4SSi/c1-31(2,3)39(5,6)37-21-24-17-23(29-13-10-16-38-29)14-15-33(24)30(34)25-18-27(35-4)28(19-26(25)32)36-20-22-11-8-7-9-12-22/h7-13,16,18-19,23-24H,14-15,17,20-21,32H2,1-6H3/t23?,24-/m0/s1. The number of anilines is 1. The van der Waals surface area contributed by atoms with Crippen molar-refractivity contribution in [3.63, 3.8) is 0 Å². The molecule has 1 fully saturated rings. The number of carbonyl (C=O) groups is 1. The average Bonchev–Trinajstić information content (AvgIpc) is 3.45. The van der Waals surface area contributed by atoms with E-state index in [0.717, 1.165) is 18.4 Å². The quantitative estimate of drug-likeness (QED) is 0.217. The number of piperidine rings is 1. The van der Waals surface area contributed by atoms with Gasteiger partial charge in [-0.3, -0.25) is 4.79 Å². The van der Waals surface area contributed by atoms with Gasteiger partial charge in [0, 0.05) is 23.2 Å². The molecule has 3 aromatic rings. The minimum absolute atomic E-state index is 0.0353. The van der Waals surface area contributed by atoms with Gasteiger partial charge in [-0.15, -0.1) is 11.3 Å². The number of likely N-dealkylation sites (tertiary alicyclic amines) is 1. The van der Waals surface area contributed by atoms with Gasteiger partial charge >= 0.3 is 0 Å². The fraction of sp³-hybridized carbons (Fsp3) is 0.452. The molecule has 1 aromatic heterocycles. The summed E-state index contributed by atoms with van der Waals surface area (Å²) in [7, 11) is -0.407. The van der Waals surface area contributed by atoms with Gasteiger partial charge in [-0.05, 0) is 60.0 Å². The number of hydrogen-bond acceptors (Lipinski definition) is 6. The summed E-state index contributed by atoms with van der Waals surface area (Å²) in [5, 5.41) is 2.22. The van der Waals surface area contributed by atoms with Crippen molar-refractivity contribution in [3.8, 4) is 11.5 Å². The van der Waals surface area contributed by atoms with Crippen LogP contribution in [0.2, 0.25) is 18.1 Å². The number of nitrogen functional groups attached to an aromatic ring is 1. The molecule has 4 rings (SSSR count). The van der Waals surface area contributed by atoms with Gasteiger partial charge in [0.2, 0.25) is 0 Å². The number of methoxy groups -OCH3 is 1. The minimum atomic E-state index is -1.99. The highest BCUT2D eigenvalue weighted by atomic mass is 32.1. The molecule has 1 aliphatic heterocycles. The Balaban J connectivity index is 1.56. The Labute approximate surface area is 238 Å². The fourth-order valence-corrected chi connectivity index (χ4v) is 6.62. The van der Waals surface area contributed by atoms with Gasteiger partial charge in [0.15, 0.2) is 19.8 Å². The third-order valence-corrected chi connectivity index (χ3v) is 13.7. The van der Waals surface area contributed by atoms with E-state index >= 15 is 0 Å². The molecule has 2 atom stereocenters. The number of hydrogen-bond donors (Lipinski definition) is 1. The van der Waals surface area contributed by atoms with E-state index in [0.29, 0.717) is 48.4 Å². The lowest BCUT2D eigenvalue weighted by Gasteiger charge is -2.43. The topological polar surface area (TPSA) is 74.0 Å². The third-order valence-electron chi connectivity index (χ3n) is 8.17. The largest absolute Gasteiger partial charge is 0.493 e. The summed E-state index contributed by atoms with van der Waals surface area (Å²) in [6, 6.07) is 17.6. The van der Waals surface area contributed by atoms with Crippen LogP contribution >= 0.6 is 11.3 Å². The molecule has 2 N–H and O–H groups in total. The maximum atomic E-state index is 14.0. The van der Waals surface area contributed by atoms with Crippen LogP contribution in [0, 0.1) is 0 Å². The highest BCUT2D eigenvalue weighted by Crippen LogP contribution is 2.40. The van der Waals surface area contributed by atoms with Gasteiger partial charge in [0.05, 0.1) is 25.3 Å². The molecular weight excluding hydrogens is 525 g/mol. The number of ether oxygens (including phenoxy) is 2. The molecule has 0 saturated carbocycles. The first-order chi connectivity index (χ1) is 18.5. The van der Waals surface area contributed by atoms with Crippen LogP contribution in [0.15, 0.2) is 60.0 Å². The highest BCUT2D eigenvalue weighted by Gasteiger charge is 2.40. The van der Waals surface area contributed by atoms with Crippen molar-refractivity contribution in [3.05, 3.63) is 76.0 Å². The average molecular weight is 567 g/mol. The normalized spacial score (nSPS) is 18.2. The van der Waals surface area contributed by atoms with Crippen LogP contribution in [0.1, 0.15) is 60.3 Å². The Hall–Kier alpha value is -2.81. The molecule has 6 nitrogen and oxygen atoms in total. The van der Waals surface area contributed by atoms with Crippen molar-refractivity contribution >= 4 is 31.2 Å². The van der Waals surface area contributed by atoms with Gasteiger partial charge in [-0.25, -0.2) is 0 Å². The molecule has 0 bridgehead atoms. The zero-order valence-electron chi connectivity index (χ0n) is 24.0. The number of carbonyl (C=O) groups excluding carboxylic acids is 1. The lowest BCUT2D eigenvalue weighted by molar-refractivity contribution is 0.0488. The Morgan fingerprint density at radius 3 is 2.49 bits per heavy atom. The molecule has 2 aromatic carbocycles. The van der Waals surface area contributed by atoms with Crippen molar-refractivity contribution in [1.29, 1.82) is 0 Å². The molecule has 0 spiro atoms. The lowest BCUT2D eigenvalue weighted by atomic mass is 9.89. The van der Waals surface area contributed by atoms with Gasteiger partial charge < -0.3 is 24.5 Å². The van der Waals surface area contributed by atoms with Crippen molar-refractivity contribution in [2.45, 2.75) is 70.3 Å². The summed E-state index contributed by atoms with van der Waals surface area (Å²) < 4.78 is 18.3. The second-order valence-corrected chi connectivity index (χ2v) is 17.6. The smallest absolute Gasteiger partial charge is 0.256 e. The van der Waals surface area contributed by atoms with Crippen LogP contribution in [-0.2, 0) is 11.0 Å². The molecule has 1 amide bonds. The Morgan fingerprint density at radius 1 is 1.10 bits per heavy atom. The lowest BCUT2D eigenvalue weighted by Crippen LogP contribution is -2.51. The van der Waals surface area contributed by atoms with Crippen LogP contribution < -0.4 is 15.2 Å². The van der Waals surface area contributed by atoms with E-state index < -0.39 is 8.32 Å². The number of benzene rings is 2. The Bertz CT molecular complexity index is 1240. The predicted molar refractivity (Wildman–Crippen MR) is 162 cm³/mol.